The van der Waals surface area contributed by atoms with E-state index >= 15 is 0 Å². The summed E-state index contributed by atoms with van der Waals surface area (Å²) < 4.78 is 4.32. The number of thiazole rings is 1. The predicted octanol–water partition coefficient (Wildman–Crippen LogP) is 4.54. The summed E-state index contributed by atoms with van der Waals surface area (Å²) in [6.45, 7) is 4.29. The van der Waals surface area contributed by atoms with Gasteiger partial charge in [-0.25, -0.2) is 4.98 Å². The van der Waals surface area contributed by atoms with E-state index in [1.807, 2.05) is 6.92 Å². The fraction of sp³-hybridized carbons (Fsp3) is 0.600. The van der Waals surface area contributed by atoms with Crippen LogP contribution in [0.2, 0.25) is 0 Å². The summed E-state index contributed by atoms with van der Waals surface area (Å²) in [6.07, 6.45) is 6.77. The SMILES string of the molecule is Cc1csc(-c2c(N)nsc2NC(C)C2CCCCC2)n1. The Hall–Kier alpha value is -1.14. The highest BCUT2D eigenvalue weighted by atomic mass is 32.1. The number of rotatable bonds is 4. The van der Waals surface area contributed by atoms with Crippen molar-refractivity contribution in [2.24, 2.45) is 5.92 Å². The standard InChI is InChI=1S/C15H22N4S2/c1-9-8-20-14(17-9)12-13(16)19-21-15(12)18-10(2)11-6-4-3-5-7-11/h8,10-11,18H,3-7H2,1-2H3,(H2,16,19). The molecule has 1 unspecified atom stereocenters. The van der Waals surface area contributed by atoms with Crippen molar-refractivity contribution in [1.82, 2.24) is 9.36 Å². The summed E-state index contributed by atoms with van der Waals surface area (Å²) >= 11 is 3.09. The summed E-state index contributed by atoms with van der Waals surface area (Å²) in [5, 5.41) is 7.75. The van der Waals surface area contributed by atoms with Crippen molar-refractivity contribution in [3.05, 3.63) is 11.1 Å². The summed E-state index contributed by atoms with van der Waals surface area (Å²) in [5.41, 5.74) is 8.08. The predicted molar refractivity (Wildman–Crippen MR) is 92.0 cm³/mol. The van der Waals surface area contributed by atoms with Crippen molar-refractivity contribution in [2.45, 2.75) is 52.0 Å². The smallest absolute Gasteiger partial charge is 0.149 e. The van der Waals surface area contributed by atoms with Crippen LogP contribution in [0.25, 0.3) is 10.6 Å². The molecule has 0 aromatic carbocycles. The third-order valence-electron chi connectivity index (χ3n) is 4.27. The van der Waals surface area contributed by atoms with Crippen molar-refractivity contribution in [3.63, 3.8) is 0 Å². The van der Waals surface area contributed by atoms with Gasteiger partial charge < -0.3 is 11.1 Å². The van der Waals surface area contributed by atoms with Crippen LogP contribution in [0.5, 0.6) is 0 Å². The lowest BCUT2D eigenvalue weighted by Crippen LogP contribution is -2.27. The molecular formula is C15H22N4S2. The zero-order valence-electron chi connectivity index (χ0n) is 12.6. The molecule has 0 radical (unpaired) electrons. The largest absolute Gasteiger partial charge is 0.382 e. The van der Waals surface area contributed by atoms with Gasteiger partial charge >= 0.3 is 0 Å². The molecule has 1 aliphatic carbocycles. The van der Waals surface area contributed by atoms with E-state index < -0.39 is 0 Å². The Labute approximate surface area is 134 Å². The van der Waals surface area contributed by atoms with Crippen LogP contribution in [-0.2, 0) is 0 Å². The van der Waals surface area contributed by atoms with Crippen molar-refractivity contribution >= 4 is 33.7 Å². The van der Waals surface area contributed by atoms with Gasteiger partial charge in [-0.05, 0) is 44.1 Å². The molecule has 114 valence electrons. The Morgan fingerprint density at radius 3 is 2.76 bits per heavy atom. The van der Waals surface area contributed by atoms with Crippen LogP contribution < -0.4 is 11.1 Å². The van der Waals surface area contributed by atoms with Gasteiger partial charge in [0.2, 0.25) is 0 Å². The van der Waals surface area contributed by atoms with E-state index in [1.165, 1.54) is 43.6 Å². The third-order valence-corrected chi connectivity index (χ3v) is 6.04. The molecule has 0 aliphatic heterocycles. The molecular weight excluding hydrogens is 300 g/mol. The quantitative estimate of drug-likeness (QED) is 0.867. The first-order valence-electron chi connectivity index (χ1n) is 7.59. The van der Waals surface area contributed by atoms with Gasteiger partial charge in [0, 0.05) is 17.1 Å². The van der Waals surface area contributed by atoms with E-state index in [0.29, 0.717) is 11.9 Å². The van der Waals surface area contributed by atoms with E-state index in [-0.39, 0.29) is 0 Å². The molecule has 0 spiro atoms. The van der Waals surface area contributed by atoms with Crippen LogP contribution in [0.3, 0.4) is 0 Å². The first kappa shape index (κ1) is 14.8. The second-order valence-corrected chi connectivity index (χ2v) is 7.53. The van der Waals surface area contributed by atoms with Gasteiger partial charge in [0.05, 0.1) is 5.56 Å². The summed E-state index contributed by atoms with van der Waals surface area (Å²) in [7, 11) is 0. The fourth-order valence-corrected chi connectivity index (χ4v) is 4.77. The Bertz CT molecular complexity index is 599. The minimum Gasteiger partial charge on any atom is -0.382 e. The summed E-state index contributed by atoms with van der Waals surface area (Å²) in [4.78, 5) is 4.56. The lowest BCUT2D eigenvalue weighted by Gasteiger charge is -2.28. The lowest BCUT2D eigenvalue weighted by molar-refractivity contribution is 0.328. The molecule has 3 N–H and O–H groups in total. The number of hydrogen-bond donors (Lipinski definition) is 2. The van der Waals surface area contributed by atoms with E-state index in [1.54, 1.807) is 11.3 Å². The van der Waals surface area contributed by atoms with Crippen molar-refractivity contribution in [2.75, 3.05) is 11.1 Å². The molecule has 3 rings (SSSR count). The van der Waals surface area contributed by atoms with Crippen molar-refractivity contribution in [1.29, 1.82) is 0 Å². The molecule has 1 fully saturated rings. The number of nitrogens with zero attached hydrogens (tertiary/aromatic N) is 2. The fourth-order valence-electron chi connectivity index (χ4n) is 3.04. The molecule has 2 aromatic heterocycles. The Morgan fingerprint density at radius 2 is 2.10 bits per heavy atom. The van der Waals surface area contributed by atoms with E-state index in [2.05, 4.69) is 27.0 Å². The average Bonchev–Trinajstić information content (AvgIpc) is 3.06. The number of nitrogen functional groups attached to an aromatic ring is 1. The Morgan fingerprint density at radius 1 is 1.33 bits per heavy atom. The minimum atomic E-state index is 0.463. The molecule has 0 amide bonds. The van der Waals surface area contributed by atoms with Gasteiger partial charge in [-0.15, -0.1) is 11.3 Å². The number of nitrogens with one attached hydrogen (secondary N) is 1. The second kappa shape index (κ2) is 6.32. The van der Waals surface area contributed by atoms with E-state index in [0.717, 1.165) is 27.2 Å². The lowest BCUT2D eigenvalue weighted by atomic mass is 9.84. The zero-order valence-corrected chi connectivity index (χ0v) is 14.2. The molecule has 2 aromatic rings. The summed E-state index contributed by atoms with van der Waals surface area (Å²) in [5.74, 6) is 1.35. The first-order valence-corrected chi connectivity index (χ1v) is 9.24. The van der Waals surface area contributed by atoms with Gasteiger partial charge in [-0.3, -0.25) is 0 Å². The molecule has 1 aliphatic rings. The average molecular weight is 323 g/mol. The maximum Gasteiger partial charge on any atom is 0.149 e. The zero-order chi connectivity index (χ0) is 14.8. The van der Waals surface area contributed by atoms with Gasteiger partial charge in [0.15, 0.2) is 0 Å². The molecule has 0 saturated heterocycles. The van der Waals surface area contributed by atoms with Crippen LogP contribution in [0.15, 0.2) is 5.38 Å². The third kappa shape index (κ3) is 3.21. The Kier molecular flexibility index (Phi) is 4.45. The van der Waals surface area contributed by atoms with Crippen LogP contribution in [0.1, 0.15) is 44.7 Å². The number of anilines is 2. The highest BCUT2D eigenvalue weighted by Gasteiger charge is 2.23. The van der Waals surface area contributed by atoms with Gasteiger partial charge in [-0.1, -0.05) is 19.3 Å². The van der Waals surface area contributed by atoms with E-state index in [4.69, 9.17) is 5.73 Å². The van der Waals surface area contributed by atoms with Crippen molar-refractivity contribution in [3.8, 4) is 10.6 Å². The van der Waals surface area contributed by atoms with E-state index in [9.17, 15) is 0 Å². The molecule has 0 bridgehead atoms. The highest BCUT2D eigenvalue weighted by Crippen LogP contribution is 2.39. The van der Waals surface area contributed by atoms with Crippen LogP contribution in [-0.4, -0.2) is 15.4 Å². The maximum atomic E-state index is 6.06. The molecule has 21 heavy (non-hydrogen) atoms. The second-order valence-electron chi connectivity index (χ2n) is 5.90. The van der Waals surface area contributed by atoms with Crippen LogP contribution in [0.4, 0.5) is 10.8 Å². The van der Waals surface area contributed by atoms with Crippen molar-refractivity contribution < 1.29 is 0 Å². The molecule has 2 heterocycles. The van der Waals surface area contributed by atoms with Crippen LogP contribution >= 0.6 is 22.9 Å². The number of aryl methyl sites for hydroxylation is 1. The maximum absolute atomic E-state index is 6.06. The van der Waals surface area contributed by atoms with Gasteiger partial charge in [-0.2, -0.15) is 4.37 Å². The topological polar surface area (TPSA) is 63.8 Å². The number of aromatic nitrogens is 2. The normalized spacial score (nSPS) is 17.8. The number of hydrogen-bond acceptors (Lipinski definition) is 6. The summed E-state index contributed by atoms with van der Waals surface area (Å²) in [6, 6.07) is 0.463. The molecule has 4 nitrogen and oxygen atoms in total. The molecule has 1 saturated carbocycles. The number of nitrogens with two attached hydrogens (primary N) is 1. The van der Waals surface area contributed by atoms with Crippen LogP contribution in [0, 0.1) is 12.8 Å². The minimum absolute atomic E-state index is 0.463. The van der Waals surface area contributed by atoms with Gasteiger partial charge in [0.1, 0.15) is 15.8 Å². The molecule has 1 atom stereocenters. The van der Waals surface area contributed by atoms with Gasteiger partial charge in [0.25, 0.3) is 0 Å². The monoisotopic (exact) mass is 322 g/mol. The molecule has 6 heteroatoms. The Balaban J connectivity index is 1.79. The highest BCUT2D eigenvalue weighted by molar-refractivity contribution is 7.15. The first-order chi connectivity index (χ1) is 10.1.